The largest absolute Gasteiger partial charge is 0.357 e. The third kappa shape index (κ3) is 7.88. The number of anilines is 1. The highest BCUT2D eigenvalue weighted by atomic mass is 127. The lowest BCUT2D eigenvalue weighted by atomic mass is 10.1. The van der Waals surface area contributed by atoms with Crippen LogP contribution in [0.3, 0.4) is 0 Å². The van der Waals surface area contributed by atoms with Crippen molar-refractivity contribution in [1.82, 2.24) is 25.5 Å². The van der Waals surface area contributed by atoms with Crippen molar-refractivity contribution in [3.8, 4) is 0 Å². The summed E-state index contributed by atoms with van der Waals surface area (Å²) in [7, 11) is 0. The number of carbonyl (C=O) groups is 1. The SMILES string of the molecule is CCNC(=NCCC(=O)N1CCN(c2ncccn2)CC1)NCCc1ccccc1F.I. The molecule has 32 heavy (non-hydrogen) atoms. The first-order valence-electron chi connectivity index (χ1n) is 10.7. The minimum Gasteiger partial charge on any atom is -0.357 e. The van der Waals surface area contributed by atoms with Crippen molar-refractivity contribution < 1.29 is 9.18 Å². The summed E-state index contributed by atoms with van der Waals surface area (Å²) in [5, 5.41) is 6.36. The summed E-state index contributed by atoms with van der Waals surface area (Å²) in [5.41, 5.74) is 0.668. The van der Waals surface area contributed by atoms with Crippen LogP contribution in [0.5, 0.6) is 0 Å². The molecule has 1 aliphatic heterocycles. The molecule has 2 N–H and O–H groups in total. The number of rotatable bonds is 8. The van der Waals surface area contributed by atoms with Crippen LogP contribution in [-0.2, 0) is 11.2 Å². The molecule has 3 rings (SSSR count). The fraction of sp³-hybridized carbons (Fsp3) is 0.455. The highest BCUT2D eigenvalue weighted by Crippen LogP contribution is 2.10. The van der Waals surface area contributed by atoms with Crippen molar-refractivity contribution in [2.45, 2.75) is 19.8 Å². The van der Waals surface area contributed by atoms with Crippen LogP contribution in [0.15, 0.2) is 47.7 Å². The van der Waals surface area contributed by atoms with Gasteiger partial charge in [0.2, 0.25) is 11.9 Å². The van der Waals surface area contributed by atoms with Gasteiger partial charge in [-0.05, 0) is 31.0 Å². The van der Waals surface area contributed by atoms with Gasteiger partial charge in [-0.3, -0.25) is 9.79 Å². The number of amides is 1. The van der Waals surface area contributed by atoms with Gasteiger partial charge in [0.15, 0.2) is 5.96 Å². The fourth-order valence-electron chi connectivity index (χ4n) is 3.39. The summed E-state index contributed by atoms with van der Waals surface area (Å²) in [5.74, 6) is 1.24. The Bertz CT molecular complexity index is 860. The molecule has 1 fully saturated rings. The Morgan fingerprint density at radius 1 is 1.09 bits per heavy atom. The standard InChI is InChI=1S/C22H30FN7O.HI/c1-2-24-21(25-12-8-18-6-3-4-7-19(18)23)26-13-9-20(31)29-14-16-30(17-15-29)22-27-10-5-11-28-22;/h3-7,10-11H,2,8-9,12-17H2,1H3,(H2,24,25,26);1H. The quantitative estimate of drug-likeness (QED) is 0.295. The fourth-order valence-corrected chi connectivity index (χ4v) is 3.39. The molecular weight excluding hydrogens is 524 g/mol. The van der Waals surface area contributed by atoms with Gasteiger partial charge in [0.1, 0.15) is 5.82 Å². The third-order valence-electron chi connectivity index (χ3n) is 5.05. The van der Waals surface area contributed by atoms with Gasteiger partial charge in [0, 0.05) is 58.1 Å². The normalized spacial score (nSPS) is 14.0. The maximum atomic E-state index is 13.7. The van der Waals surface area contributed by atoms with Gasteiger partial charge < -0.3 is 20.4 Å². The van der Waals surface area contributed by atoms with Crippen LogP contribution in [0.2, 0.25) is 0 Å². The number of nitrogens with zero attached hydrogens (tertiary/aromatic N) is 5. The molecule has 1 aromatic heterocycles. The molecule has 1 aliphatic rings. The number of carbonyl (C=O) groups excluding carboxylic acids is 1. The number of halogens is 2. The van der Waals surface area contributed by atoms with Crippen molar-refractivity contribution in [2.75, 3.05) is 50.7 Å². The number of aliphatic imine (C=N–C) groups is 1. The van der Waals surface area contributed by atoms with Gasteiger partial charge in [0.05, 0.1) is 6.54 Å². The topological polar surface area (TPSA) is 85.8 Å². The summed E-state index contributed by atoms with van der Waals surface area (Å²) in [4.78, 5) is 29.5. The van der Waals surface area contributed by atoms with E-state index in [1.54, 1.807) is 30.6 Å². The minimum atomic E-state index is -0.198. The van der Waals surface area contributed by atoms with E-state index in [1.807, 2.05) is 17.9 Å². The molecule has 8 nitrogen and oxygen atoms in total. The van der Waals surface area contributed by atoms with Crippen LogP contribution in [0, 0.1) is 5.82 Å². The van der Waals surface area contributed by atoms with Gasteiger partial charge in [-0.25, -0.2) is 14.4 Å². The van der Waals surface area contributed by atoms with Crippen molar-refractivity contribution in [3.63, 3.8) is 0 Å². The van der Waals surface area contributed by atoms with Crippen LogP contribution in [0.1, 0.15) is 18.9 Å². The molecule has 2 aromatic rings. The smallest absolute Gasteiger partial charge is 0.225 e. The maximum absolute atomic E-state index is 13.7. The van der Waals surface area contributed by atoms with Crippen molar-refractivity contribution in [2.24, 2.45) is 4.99 Å². The van der Waals surface area contributed by atoms with Gasteiger partial charge in [-0.15, -0.1) is 24.0 Å². The molecule has 0 spiro atoms. The molecule has 1 aromatic carbocycles. The van der Waals surface area contributed by atoms with Crippen LogP contribution in [-0.4, -0.2) is 72.5 Å². The van der Waals surface area contributed by atoms with E-state index < -0.39 is 0 Å². The number of hydrogen-bond acceptors (Lipinski definition) is 5. The summed E-state index contributed by atoms with van der Waals surface area (Å²) in [6.45, 7) is 6.40. The Hall–Kier alpha value is -2.50. The van der Waals surface area contributed by atoms with Crippen molar-refractivity contribution in [1.29, 1.82) is 0 Å². The van der Waals surface area contributed by atoms with Crippen LogP contribution in [0.4, 0.5) is 10.3 Å². The van der Waals surface area contributed by atoms with Gasteiger partial charge in [0.25, 0.3) is 0 Å². The van der Waals surface area contributed by atoms with Gasteiger partial charge >= 0.3 is 0 Å². The molecule has 0 aliphatic carbocycles. The summed E-state index contributed by atoms with van der Waals surface area (Å²) < 4.78 is 13.7. The van der Waals surface area contributed by atoms with E-state index in [0.29, 0.717) is 63.0 Å². The zero-order valence-electron chi connectivity index (χ0n) is 18.3. The van der Waals surface area contributed by atoms with Crippen molar-refractivity contribution >= 4 is 41.8 Å². The van der Waals surface area contributed by atoms with Crippen LogP contribution >= 0.6 is 24.0 Å². The van der Waals surface area contributed by atoms with E-state index in [2.05, 4.69) is 30.5 Å². The monoisotopic (exact) mass is 555 g/mol. The average molecular weight is 555 g/mol. The lowest BCUT2D eigenvalue weighted by molar-refractivity contribution is -0.131. The molecule has 0 unspecified atom stereocenters. The van der Waals surface area contributed by atoms with Gasteiger partial charge in [-0.2, -0.15) is 0 Å². The molecule has 10 heteroatoms. The second-order valence-electron chi connectivity index (χ2n) is 7.20. The molecular formula is C22H31FIN7O. The number of piperazine rings is 1. The van der Waals surface area contributed by atoms with Gasteiger partial charge in [-0.1, -0.05) is 18.2 Å². The molecule has 1 amide bonds. The molecule has 0 bridgehead atoms. The van der Waals surface area contributed by atoms with E-state index in [9.17, 15) is 9.18 Å². The lowest BCUT2D eigenvalue weighted by Gasteiger charge is -2.34. The predicted octanol–water partition coefficient (Wildman–Crippen LogP) is 2.07. The Kier molecular flexibility index (Phi) is 11.1. The highest BCUT2D eigenvalue weighted by Gasteiger charge is 2.22. The zero-order chi connectivity index (χ0) is 21.9. The molecule has 0 atom stereocenters. The third-order valence-corrected chi connectivity index (χ3v) is 5.05. The van der Waals surface area contributed by atoms with Crippen molar-refractivity contribution in [3.05, 3.63) is 54.1 Å². The second kappa shape index (κ2) is 13.8. The van der Waals surface area contributed by atoms with Crippen LogP contribution in [0.25, 0.3) is 0 Å². The lowest BCUT2D eigenvalue weighted by Crippen LogP contribution is -2.49. The Morgan fingerprint density at radius 3 is 2.50 bits per heavy atom. The minimum absolute atomic E-state index is 0. The molecule has 0 radical (unpaired) electrons. The highest BCUT2D eigenvalue weighted by molar-refractivity contribution is 14.0. The predicted molar refractivity (Wildman–Crippen MR) is 135 cm³/mol. The first-order valence-corrected chi connectivity index (χ1v) is 10.7. The number of guanidine groups is 1. The average Bonchev–Trinajstić information content (AvgIpc) is 2.81. The molecule has 0 saturated carbocycles. The number of nitrogens with one attached hydrogen (secondary N) is 2. The Labute approximate surface area is 205 Å². The number of benzene rings is 1. The maximum Gasteiger partial charge on any atom is 0.225 e. The second-order valence-corrected chi connectivity index (χ2v) is 7.20. The first kappa shape index (κ1) is 25.8. The molecule has 174 valence electrons. The Balaban J connectivity index is 0.00000363. The van der Waals surface area contributed by atoms with E-state index in [-0.39, 0.29) is 35.7 Å². The van der Waals surface area contributed by atoms with E-state index in [4.69, 9.17) is 0 Å². The molecule has 2 heterocycles. The summed E-state index contributed by atoms with van der Waals surface area (Å²) in [6.07, 6.45) is 4.37. The van der Waals surface area contributed by atoms with Crippen LogP contribution < -0.4 is 15.5 Å². The van der Waals surface area contributed by atoms with E-state index >= 15 is 0 Å². The van der Waals surface area contributed by atoms with E-state index in [0.717, 1.165) is 13.1 Å². The summed E-state index contributed by atoms with van der Waals surface area (Å²) in [6, 6.07) is 8.55. The number of hydrogen-bond donors (Lipinski definition) is 2. The zero-order valence-corrected chi connectivity index (χ0v) is 20.7. The Morgan fingerprint density at radius 2 is 1.81 bits per heavy atom. The first-order chi connectivity index (χ1) is 15.2. The number of aromatic nitrogens is 2. The summed E-state index contributed by atoms with van der Waals surface area (Å²) >= 11 is 0. The van der Waals surface area contributed by atoms with E-state index in [1.165, 1.54) is 6.07 Å². The molecule has 1 saturated heterocycles.